The summed E-state index contributed by atoms with van der Waals surface area (Å²) in [5.41, 5.74) is 0.240. The molecular weight excluding hydrogens is 176 g/mol. The second kappa shape index (κ2) is 6.63. The second-order valence-electron chi connectivity index (χ2n) is 4.47. The number of esters is 1. The van der Waals surface area contributed by atoms with Gasteiger partial charge in [0.05, 0.1) is 6.61 Å². The van der Waals surface area contributed by atoms with Gasteiger partial charge in [0.2, 0.25) is 0 Å². The van der Waals surface area contributed by atoms with Crippen LogP contribution in [0.5, 0.6) is 0 Å². The van der Waals surface area contributed by atoms with Gasteiger partial charge in [0.25, 0.3) is 0 Å². The zero-order valence-electron chi connectivity index (χ0n) is 9.80. The fourth-order valence-electron chi connectivity index (χ4n) is 1.03. The van der Waals surface area contributed by atoms with Gasteiger partial charge in [0.15, 0.2) is 0 Å². The first-order valence-corrected chi connectivity index (χ1v) is 5.29. The SMILES string of the molecule is CCOC(=O)CCC/C=C\C(C)(C)C. The summed E-state index contributed by atoms with van der Waals surface area (Å²) in [5, 5.41) is 0. The Morgan fingerprint density at radius 1 is 1.36 bits per heavy atom. The maximum atomic E-state index is 11.0. The predicted molar refractivity (Wildman–Crippen MR) is 59.1 cm³/mol. The number of ether oxygens (including phenoxy) is 1. The topological polar surface area (TPSA) is 26.3 Å². The van der Waals surface area contributed by atoms with E-state index in [1.807, 2.05) is 6.92 Å². The second-order valence-corrected chi connectivity index (χ2v) is 4.47. The van der Waals surface area contributed by atoms with Crippen molar-refractivity contribution in [1.29, 1.82) is 0 Å². The van der Waals surface area contributed by atoms with Crippen molar-refractivity contribution in [1.82, 2.24) is 0 Å². The van der Waals surface area contributed by atoms with Crippen molar-refractivity contribution < 1.29 is 9.53 Å². The Morgan fingerprint density at radius 3 is 2.50 bits per heavy atom. The van der Waals surface area contributed by atoms with E-state index in [1.54, 1.807) is 0 Å². The lowest BCUT2D eigenvalue weighted by Crippen LogP contribution is -2.03. The highest BCUT2D eigenvalue weighted by atomic mass is 16.5. The zero-order chi connectivity index (χ0) is 11.0. The Kier molecular flexibility index (Phi) is 6.26. The molecule has 0 aliphatic heterocycles. The van der Waals surface area contributed by atoms with Crippen molar-refractivity contribution in [3.63, 3.8) is 0 Å². The third-order valence-electron chi connectivity index (χ3n) is 1.67. The van der Waals surface area contributed by atoms with E-state index >= 15 is 0 Å². The van der Waals surface area contributed by atoms with Crippen LogP contribution in [0.2, 0.25) is 0 Å². The smallest absolute Gasteiger partial charge is 0.305 e. The summed E-state index contributed by atoms with van der Waals surface area (Å²) in [6.45, 7) is 8.80. The molecule has 0 saturated carbocycles. The molecule has 2 nitrogen and oxygen atoms in total. The van der Waals surface area contributed by atoms with Crippen LogP contribution in [0, 0.1) is 5.41 Å². The van der Waals surface area contributed by atoms with Crippen LogP contribution in [0.3, 0.4) is 0 Å². The van der Waals surface area contributed by atoms with E-state index in [4.69, 9.17) is 4.74 Å². The molecule has 0 fully saturated rings. The number of allylic oxidation sites excluding steroid dienone is 2. The minimum absolute atomic E-state index is 0.0864. The van der Waals surface area contributed by atoms with Crippen molar-refractivity contribution in [2.45, 2.75) is 47.0 Å². The molecule has 0 aromatic carbocycles. The van der Waals surface area contributed by atoms with Crippen LogP contribution in [-0.4, -0.2) is 12.6 Å². The van der Waals surface area contributed by atoms with E-state index in [9.17, 15) is 4.79 Å². The molecule has 0 atom stereocenters. The molecule has 0 aromatic rings. The summed E-state index contributed by atoms with van der Waals surface area (Å²) in [7, 11) is 0. The van der Waals surface area contributed by atoms with Gasteiger partial charge >= 0.3 is 5.97 Å². The highest BCUT2D eigenvalue weighted by Crippen LogP contribution is 2.15. The van der Waals surface area contributed by atoms with E-state index in [1.165, 1.54) is 0 Å². The Hall–Kier alpha value is -0.790. The lowest BCUT2D eigenvalue weighted by atomic mass is 9.96. The van der Waals surface area contributed by atoms with Crippen molar-refractivity contribution in [2.24, 2.45) is 5.41 Å². The van der Waals surface area contributed by atoms with E-state index in [-0.39, 0.29) is 11.4 Å². The molecule has 0 aliphatic rings. The summed E-state index contributed by atoms with van der Waals surface area (Å²) in [4.78, 5) is 11.0. The van der Waals surface area contributed by atoms with Gasteiger partial charge in [-0.2, -0.15) is 0 Å². The van der Waals surface area contributed by atoms with Gasteiger partial charge in [0.1, 0.15) is 0 Å². The van der Waals surface area contributed by atoms with E-state index < -0.39 is 0 Å². The van der Waals surface area contributed by atoms with Crippen LogP contribution < -0.4 is 0 Å². The molecule has 0 spiro atoms. The number of unbranched alkanes of at least 4 members (excludes halogenated alkanes) is 1. The average Bonchev–Trinajstić information content (AvgIpc) is 2.02. The fraction of sp³-hybridized carbons (Fsp3) is 0.750. The van der Waals surface area contributed by atoms with Crippen LogP contribution in [0.15, 0.2) is 12.2 Å². The van der Waals surface area contributed by atoms with Crippen LogP contribution in [0.4, 0.5) is 0 Å². The quantitative estimate of drug-likeness (QED) is 0.385. The molecule has 0 radical (unpaired) electrons. The number of carbonyl (C=O) groups excluding carboxylic acids is 1. The summed E-state index contributed by atoms with van der Waals surface area (Å²) >= 11 is 0. The van der Waals surface area contributed by atoms with Gasteiger partial charge in [-0.15, -0.1) is 0 Å². The van der Waals surface area contributed by atoms with Crippen LogP contribution in [-0.2, 0) is 9.53 Å². The molecule has 0 N–H and O–H groups in total. The minimum atomic E-state index is -0.0864. The summed E-state index contributed by atoms with van der Waals surface area (Å²) < 4.78 is 4.83. The largest absolute Gasteiger partial charge is 0.466 e. The van der Waals surface area contributed by atoms with Gasteiger partial charge in [-0.3, -0.25) is 4.79 Å². The lowest BCUT2D eigenvalue weighted by Gasteiger charge is -2.10. The molecular formula is C12H22O2. The Bertz CT molecular complexity index is 187. The Balaban J connectivity index is 3.47. The van der Waals surface area contributed by atoms with Gasteiger partial charge in [-0.05, 0) is 25.2 Å². The Labute approximate surface area is 87.3 Å². The Morgan fingerprint density at radius 2 is 2.00 bits per heavy atom. The highest BCUT2D eigenvalue weighted by Gasteiger charge is 2.03. The van der Waals surface area contributed by atoms with Gasteiger partial charge in [0, 0.05) is 6.42 Å². The van der Waals surface area contributed by atoms with Crippen LogP contribution >= 0.6 is 0 Å². The highest BCUT2D eigenvalue weighted by molar-refractivity contribution is 5.69. The van der Waals surface area contributed by atoms with Gasteiger partial charge < -0.3 is 4.74 Å². The summed E-state index contributed by atoms with van der Waals surface area (Å²) in [5.74, 6) is -0.0864. The normalized spacial score (nSPS) is 12.0. The van der Waals surface area contributed by atoms with Crippen LogP contribution in [0.1, 0.15) is 47.0 Å². The van der Waals surface area contributed by atoms with Gasteiger partial charge in [-0.1, -0.05) is 32.9 Å². The third kappa shape index (κ3) is 9.30. The predicted octanol–water partition coefficient (Wildman–Crippen LogP) is 3.32. The number of hydrogen-bond acceptors (Lipinski definition) is 2. The molecule has 2 heteroatoms. The lowest BCUT2D eigenvalue weighted by molar-refractivity contribution is -0.143. The molecule has 0 amide bonds. The van der Waals surface area contributed by atoms with Crippen molar-refractivity contribution >= 4 is 5.97 Å². The molecule has 0 saturated heterocycles. The standard InChI is InChI=1S/C12H22O2/c1-5-14-11(13)9-7-6-8-10-12(2,3)4/h8,10H,5-7,9H2,1-4H3/b10-8-. The summed E-state index contributed by atoms with van der Waals surface area (Å²) in [6, 6.07) is 0. The minimum Gasteiger partial charge on any atom is -0.466 e. The molecule has 14 heavy (non-hydrogen) atoms. The maximum absolute atomic E-state index is 11.0. The molecule has 82 valence electrons. The molecule has 0 unspecified atom stereocenters. The summed E-state index contributed by atoms with van der Waals surface area (Å²) in [6.07, 6.45) is 6.68. The van der Waals surface area contributed by atoms with Crippen molar-refractivity contribution in [3.8, 4) is 0 Å². The van der Waals surface area contributed by atoms with E-state index in [0.717, 1.165) is 12.8 Å². The zero-order valence-corrected chi connectivity index (χ0v) is 9.80. The first kappa shape index (κ1) is 13.2. The fourth-order valence-corrected chi connectivity index (χ4v) is 1.03. The van der Waals surface area contributed by atoms with Gasteiger partial charge in [-0.25, -0.2) is 0 Å². The molecule has 0 heterocycles. The molecule has 0 rings (SSSR count). The molecule has 0 aromatic heterocycles. The van der Waals surface area contributed by atoms with Crippen molar-refractivity contribution in [3.05, 3.63) is 12.2 Å². The molecule has 0 aliphatic carbocycles. The monoisotopic (exact) mass is 198 g/mol. The van der Waals surface area contributed by atoms with Crippen LogP contribution in [0.25, 0.3) is 0 Å². The number of carbonyl (C=O) groups is 1. The first-order chi connectivity index (χ1) is 6.45. The van der Waals surface area contributed by atoms with E-state index in [2.05, 4.69) is 32.9 Å². The van der Waals surface area contributed by atoms with E-state index in [0.29, 0.717) is 13.0 Å². The first-order valence-electron chi connectivity index (χ1n) is 5.29. The number of rotatable bonds is 5. The molecule has 0 bridgehead atoms. The van der Waals surface area contributed by atoms with Crippen molar-refractivity contribution in [2.75, 3.05) is 6.61 Å². The maximum Gasteiger partial charge on any atom is 0.305 e. The average molecular weight is 198 g/mol. The number of hydrogen-bond donors (Lipinski definition) is 0. The third-order valence-corrected chi connectivity index (χ3v) is 1.67.